The van der Waals surface area contributed by atoms with Gasteiger partial charge in [0.2, 0.25) is 5.91 Å². The lowest BCUT2D eigenvalue weighted by molar-refractivity contribution is -0.383. The summed E-state index contributed by atoms with van der Waals surface area (Å²) in [7, 11) is 1.53. The van der Waals surface area contributed by atoms with E-state index in [1.54, 1.807) is 6.92 Å². The molecule has 1 aromatic rings. The molecule has 2 amide bonds. The number of nitro groups is 1. The van der Waals surface area contributed by atoms with Crippen LogP contribution in [0.25, 0.3) is 0 Å². The van der Waals surface area contributed by atoms with Crippen LogP contribution in [0.3, 0.4) is 0 Å². The fraction of sp³-hybridized carbons (Fsp3) is 0.333. The molecule has 0 unspecified atom stereocenters. The summed E-state index contributed by atoms with van der Waals surface area (Å²) in [5.74, 6) is -0.765. The molecule has 108 valence electrons. The van der Waals surface area contributed by atoms with Gasteiger partial charge in [0, 0.05) is 25.2 Å². The van der Waals surface area contributed by atoms with Gasteiger partial charge in [0.25, 0.3) is 11.6 Å². The molecule has 0 atom stereocenters. The molecule has 0 aliphatic rings. The van der Waals surface area contributed by atoms with Crippen LogP contribution in [0.4, 0.5) is 11.4 Å². The Morgan fingerprint density at radius 3 is 2.55 bits per heavy atom. The summed E-state index contributed by atoms with van der Waals surface area (Å²) < 4.78 is 0. The lowest BCUT2D eigenvalue weighted by Gasteiger charge is -2.07. The van der Waals surface area contributed by atoms with E-state index in [0.29, 0.717) is 6.54 Å². The van der Waals surface area contributed by atoms with Gasteiger partial charge in [-0.05, 0) is 19.1 Å². The zero-order valence-corrected chi connectivity index (χ0v) is 11.2. The van der Waals surface area contributed by atoms with Gasteiger partial charge in [-0.15, -0.1) is 0 Å². The molecule has 8 nitrogen and oxygen atoms in total. The number of rotatable bonds is 6. The van der Waals surface area contributed by atoms with Crippen molar-refractivity contribution < 1.29 is 14.5 Å². The number of benzene rings is 1. The Kier molecular flexibility index (Phi) is 5.45. The fourth-order valence-corrected chi connectivity index (χ4v) is 1.56. The predicted molar refractivity (Wildman–Crippen MR) is 73.7 cm³/mol. The maximum absolute atomic E-state index is 11.8. The van der Waals surface area contributed by atoms with Crippen molar-refractivity contribution in [1.29, 1.82) is 0 Å². The third-order valence-electron chi connectivity index (χ3n) is 2.51. The second kappa shape index (κ2) is 7.07. The normalized spacial score (nSPS) is 9.70. The van der Waals surface area contributed by atoms with Gasteiger partial charge in [0.05, 0.1) is 11.5 Å². The molecule has 0 aliphatic carbocycles. The number of nitro benzene ring substituents is 1. The van der Waals surface area contributed by atoms with Gasteiger partial charge in [-0.3, -0.25) is 19.7 Å². The van der Waals surface area contributed by atoms with Crippen LogP contribution in [0, 0.1) is 10.1 Å². The predicted octanol–water partition coefficient (Wildman–Crippen LogP) is 0.502. The zero-order valence-electron chi connectivity index (χ0n) is 11.2. The van der Waals surface area contributed by atoms with Crippen molar-refractivity contribution >= 4 is 23.2 Å². The average molecular weight is 280 g/mol. The summed E-state index contributed by atoms with van der Waals surface area (Å²) in [6.45, 7) is 2.12. The lowest BCUT2D eigenvalue weighted by Crippen LogP contribution is -2.36. The molecule has 1 aromatic carbocycles. The molecule has 0 aliphatic heterocycles. The highest BCUT2D eigenvalue weighted by molar-refractivity contribution is 5.97. The monoisotopic (exact) mass is 280 g/mol. The standard InChI is InChI=1S/C12H16N4O4/c1-3-14-11(17)7-15-12(18)8-4-5-10(16(19)20)9(6-8)13-2/h4-6,13H,3,7H2,1-2H3,(H,14,17)(H,15,18). The molecule has 3 N–H and O–H groups in total. The minimum atomic E-state index is -0.539. The number of carbonyl (C=O) groups is 2. The molecule has 0 aromatic heterocycles. The van der Waals surface area contributed by atoms with Crippen molar-refractivity contribution in [1.82, 2.24) is 10.6 Å². The molecule has 0 fully saturated rings. The van der Waals surface area contributed by atoms with Crippen molar-refractivity contribution in [2.75, 3.05) is 25.5 Å². The Bertz CT molecular complexity index is 530. The van der Waals surface area contributed by atoms with Crippen LogP contribution in [-0.4, -0.2) is 36.9 Å². The Labute approximate surface area is 115 Å². The van der Waals surface area contributed by atoms with E-state index in [-0.39, 0.29) is 29.4 Å². The van der Waals surface area contributed by atoms with Gasteiger partial charge in [-0.2, -0.15) is 0 Å². The average Bonchev–Trinajstić information content (AvgIpc) is 2.44. The van der Waals surface area contributed by atoms with E-state index in [1.807, 2.05) is 0 Å². The minimum absolute atomic E-state index is 0.118. The quantitative estimate of drug-likeness (QED) is 0.519. The topological polar surface area (TPSA) is 113 Å². The molecule has 0 radical (unpaired) electrons. The van der Waals surface area contributed by atoms with Crippen molar-refractivity contribution in [3.63, 3.8) is 0 Å². The molecule has 0 bridgehead atoms. The molecule has 8 heteroatoms. The number of likely N-dealkylation sites (N-methyl/N-ethyl adjacent to an activating group) is 1. The van der Waals surface area contributed by atoms with Gasteiger partial charge in [0.15, 0.2) is 0 Å². The maximum atomic E-state index is 11.8. The number of hydrogen-bond acceptors (Lipinski definition) is 5. The SMILES string of the molecule is CCNC(=O)CNC(=O)c1ccc([N+](=O)[O-])c(NC)c1. The second-order valence-corrected chi connectivity index (χ2v) is 3.88. The zero-order chi connectivity index (χ0) is 15.1. The summed E-state index contributed by atoms with van der Waals surface area (Å²) in [4.78, 5) is 33.3. The van der Waals surface area contributed by atoms with E-state index >= 15 is 0 Å². The summed E-state index contributed by atoms with van der Waals surface area (Å²) in [5, 5.41) is 18.4. The third-order valence-corrected chi connectivity index (χ3v) is 2.51. The first kappa shape index (κ1) is 15.4. The third kappa shape index (κ3) is 3.94. The molecule has 0 spiro atoms. The first-order valence-electron chi connectivity index (χ1n) is 6.00. The number of nitrogens with one attached hydrogen (secondary N) is 3. The molecule has 0 saturated heterocycles. The van der Waals surface area contributed by atoms with E-state index in [1.165, 1.54) is 25.2 Å². The fourth-order valence-electron chi connectivity index (χ4n) is 1.56. The van der Waals surface area contributed by atoms with Gasteiger partial charge in [-0.1, -0.05) is 0 Å². The molecule has 1 rings (SSSR count). The number of hydrogen-bond donors (Lipinski definition) is 3. The maximum Gasteiger partial charge on any atom is 0.292 e. The summed E-state index contributed by atoms with van der Waals surface area (Å²) >= 11 is 0. The van der Waals surface area contributed by atoms with Crippen LogP contribution in [0.5, 0.6) is 0 Å². The van der Waals surface area contributed by atoms with Crippen LogP contribution in [0.2, 0.25) is 0 Å². The van der Waals surface area contributed by atoms with Gasteiger partial charge >= 0.3 is 0 Å². The first-order valence-corrected chi connectivity index (χ1v) is 6.00. The Morgan fingerprint density at radius 2 is 2.00 bits per heavy atom. The summed E-state index contributed by atoms with van der Waals surface area (Å²) in [6, 6.07) is 3.95. The Morgan fingerprint density at radius 1 is 1.30 bits per heavy atom. The van der Waals surface area contributed by atoms with Gasteiger partial charge in [-0.25, -0.2) is 0 Å². The molecule has 0 saturated carbocycles. The van der Waals surface area contributed by atoms with Crippen LogP contribution in [0.1, 0.15) is 17.3 Å². The number of nitrogens with zero attached hydrogens (tertiary/aromatic N) is 1. The van der Waals surface area contributed by atoms with Crippen molar-refractivity contribution in [2.24, 2.45) is 0 Å². The second-order valence-electron chi connectivity index (χ2n) is 3.88. The van der Waals surface area contributed by atoms with E-state index in [2.05, 4.69) is 16.0 Å². The molecular weight excluding hydrogens is 264 g/mol. The van der Waals surface area contributed by atoms with Crippen molar-refractivity contribution in [3.8, 4) is 0 Å². The van der Waals surface area contributed by atoms with Gasteiger partial charge < -0.3 is 16.0 Å². The van der Waals surface area contributed by atoms with Crippen LogP contribution in [0.15, 0.2) is 18.2 Å². The highest BCUT2D eigenvalue weighted by atomic mass is 16.6. The summed E-state index contributed by atoms with van der Waals surface area (Å²) in [6.07, 6.45) is 0. The van der Waals surface area contributed by atoms with Gasteiger partial charge in [0.1, 0.15) is 5.69 Å². The number of anilines is 1. The highest BCUT2D eigenvalue weighted by Crippen LogP contribution is 2.24. The molecule has 20 heavy (non-hydrogen) atoms. The molecule has 0 heterocycles. The number of carbonyl (C=O) groups excluding carboxylic acids is 2. The largest absolute Gasteiger partial charge is 0.383 e. The van der Waals surface area contributed by atoms with E-state index in [4.69, 9.17) is 0 Å². The minimum Gasteiger partial charge on any atom is -0.383 e. The lowest BCUT2D eigenvalue weighted by atomic mass is 10.1. The Balaban J connectivity index is 2.79. The van der Waals surface area contributed by atoms with Crippen LogP contribution < -0.4 is 16.0 Å². The number of amides is 2. The van der Waals surface area contributed by atoms with Crippen molar-refractivity contribution in [2.45, 2.75) is 6.92 Å². The van der Waals surface area contributed by atoms with E-state index in [9.17, 15) is 19.7 Å². The highest BCUT2D eigenvalue weighted by Gasteiger charge is 2.16. The Hall–Kier alpha value is -2.64. The molecular formula is C12H16N4O4. The smallest absolute Gasteiger partial charge is 0.292 e. The van der Waals surface area contributed by atoms with Crippen molar-refractivity contribution in [3.05, 3.63) is 33.9 Å². The van der Waals surface area contributed by atoms with Crippen LogP contribution in [-0.2, 0) is 4.79 Å². The van der Waals surface area contributed by atoms with E-state index in [0.717, 1.165) is 0 Å². The van der Waals surface area contributed by atoms with E-state index < -0.39 is 10.8 Å². The van der Waals surface area contributed by atoms with Crippen LogP contribution >= 0.6 is 0 Å². The first-order chi connectivity index (χ1) is 9.49. The summed E-state index contributed by atoms with van der Waals surface area (Å²) in [5.41, 5.74) is 0.359.